The minimum absolute atomic E-state index is 0.0581. The van der Waals surface area contributed by atoms with Crippen molar-refractivity contribution in [2.24, 2.45) is 0 Å². The summed E-state index contributed by atoms with van der Waals surface area (Å²) in [5.41, 5.74) is 3.49. The Bertz CT molecular complexity index is 1080. The first-order chi connectivity index (χ1) is 12.6. The monoisotopic (exact) mass is 382 g/mol. The van der Waals surface area contributed by atoms with Crippen molar-refractivity contribution in [2.45, 2.75) is 12.1 Å². The van der Waals surface area contributed by atoms with Gasteiger partial charge in [0.1, 0.15) is 0 Å². The van der Waals surface area contributed by atoms with E-state index in [9.17, 15) is 4.79 Å². The van der Waals surface area contributed by atoms with Crippen molar-refractivity contribution in [1.29, 1.82) is 0 Å². The van der Waals surface area contributed by atoms with Crippen LogP contribution in [0.3, 0.4) is 0 Å². The molecule has 5 nitrogen and oxygen atoms in total. The van der Waals surface area contributed by atoms with Crippen LogP contribution in [0.2, 0.25) is 5.02 Å². The molecule has 0 saturated carbocycles. The van der Waals surface area contributed by atoms with Crippen LogP contribution in [0, 0.1) is 6.92 Å². The largest absolute Gasteiger partial charge is 0.358 e. The summed E-state index contributed by atoms with van der Waals surface area (Å²) in [5.74, 6) is 0.989. The third-order valence-electron chi connectivity index (χ3n) is 4.09. The second-order valence-corrected chi connectivity index (χ2v) is 7.23. The van der Waals surface area contributed by atoms with Gasteiger partial charge in [0, 0.05) is 32.7 Å². The number of aromatic amines is 2. The van der Waals surface area contributed by atoms with E-state index in [0.717, 1.165) is 27.7 Å². The number of nitrogens with zero attached hydrogens (tertiary/aromatic N) is 2. The Morgan fingerprint density at radius 2 is 1.92 bits per heavy atom. The maximum Gasteiger partial charge on any atom is 0.209 e. The minimum atomic E-state index is 0.0581. The quantitative estimate of drug-likeness (QED) is 0.380. The number of nitrogens with one attached hydrogen (secondary N) is 2. The molecule has 4 aromatic rings. The smallest absolute Gasteiger partial charge is 0.209 e. The summed E-state index contributed by atoms with van der Waals surface area (Å²) in [7, 11) is 0. The van der Waals surface area contributed by atoms with Crippen LogP contribution >= 0.6 is 23.4 Å². The lowest BCUT2D eigenvalue weighted by molar-refractivity contribution is 0.102. The van der Waals surface area contributed by atoms with Gasteiger partial charge in [0.25, 0.3) is 0 Å². The molecule has 2 N–H and O–H groups in total. The molecule has 0 radical (unpaired) electrons. The van der Waals surface area contributed by atoms with E-state index in [-0.39, 0.29) is 11.5 Å². The van der Waals surface area contributed by atoms with Gasteiger partial charge in [-0.2, -0.15) is 0 Å². The Labute approximate surface area is 159 Å². The van der Waals surface area contributed by atoms with E-state index in [1.54, 1.807) is 12.1 Å². The van der Waals surface area contributed by atoms with E-state index in [2.05, 4.69) is 20.2 Å². The van der Waals surface area contributed by atoms with Crippen LogP contribution in [0.1, 0.15) is 16.1 Å². The summed E-state index contributed by atoms with van der Waals surface area (Å²) in [6.45, 7) is 1.92. The highest BCUT2D eigenvalue weighted by Gasteiger charge is 2.17. The van der Waals surface area contributed by atoms with Crippen LogP contribution < -0.4 is 0 Å². The van der Waals surface area contributed by atoms with Gasteiger partial charge >= 0.3 is 0 Å². The number of ketones is 1. The molecule has 2 aromatic carbocycles. The zero-order chi connectivity index (χ0) is 18.1. The van der Waals surface area contributed by atoms with Crippen molar-refractivity contribution in [1.82, 2.24) is 20.2 Å². The second-order valence-electron chi connectivity index (χ2n) is 5.86. The first-order valence-corrected chi connectivity index (χ1v) is 9.40. The maximum absolute atomic E-state index is 12.7. The molecule has 0 saturated heterocycles. The van der Waals surface area contributed by atoms with Crippen LogP contribution in [-0.4, -0.2) is 31.7 Å². The molecule has 0 aliphatic carbocycles. The first-order valence-electron chi connectivity index (χ1n) is 8.03. The molecule has 0 atom stereocenters. The number of para-hydroxylation sites is 1. The number of rotatable bonds is 5. The van der Waals surface area contributed by atoms with Gasteiger partial charge in [-0.05, 0) is 37.3 Å². The number of hydrogen-bond donors (Lipinski definition) is 2. The summed E-state index contributed by atoms with van der Waals surface area (Å²) in [4.78, 5) is 20.4. The van der Waals surface area contributed by atoms with Crippen molar-refractivity contribution in [3.8, 4) is 11.4 Å². The van der Waals surface area contributed by atoms with Crippen molar-refractivity contribution < 1.29 is 4.79 Å². The average molecular weight is 383 g/mol. The normalized spacial score (nSPS) is 11.2. The highest BCUT2D eigenvalue weighted by Crippen LogP contribution is 2.25. The minimum Gasteiger partial charge on any atom is -0.358 e. The number of hydrogen-bond acceptors (Lipinski definition) is 4. The second kappa shape index (κ2) is 6.97. The van der Waals surface area contributed by atoms with Crippen LogP contribution in [0.25, 0.3) is 22.3 Å². The van der Waals surface area contributed by atoms with Gasteiger partial charge in [0.2, 0.25) is 5.16 Å². The number of thioether (sulfide) groups is 1. The van der Waals surface area contributed by atoms with Crippen molar-refractivity contribution in [2.75, 3.05) is 5.75 Å². The Morgan fingerprint density at radius 1 is 1.15 bits per heavy atom. The van der Waals surface area contributed by atoms with E-state index < -0.39 is 0 Å². The molecule has 130 valence electrons. The molecule has 2 aromatic heterocycles. The van der Waals surface area contributed by atoms with Gasteiger partial charge in [-0.15, -0.1) is 5.10 Å². The third kappa shape index (κ3) is 3.25. The summed E-state index contributed by atoms with van der Waals surface area (Å²) < 4.78 is 0. The van der Waals surface area contributed by atoms with E-state index >= 15 is 0 Å². The highest BCUT2D eigenvalue weighted by molar-refractivity contribution is 7.99. The van der Waals surface area contributed by atoms with Crippen LogP contribution in [-0.2, 0) is 0 Å². The number of Topliss-reactive ketones (excluding diaryl/α,β-unsaturated/α-hetero) is 1. The first kappa shape index (κ1) is 16.9. The topological polar surface area (TPSA) is 74.4 Å². The number of fused-ring (bicyclic) bond motifs is 1. The molecular weight excluding hydrogens is 368 g/mol. The van der Waals surface area contributed by atoms with Gasteiger partial charge in [0.05, 0.1) is 5.75 Å². The van der Waals surface area contributed by atoms with Crippen LogP contribution in [0.4, 0.5) is 0 Å². The number of halogens is 1. The molecule has 0 spiro atoms. The van der Waals surface area contributed by atoms with Crippen molar-refractivity contribution >= 4 is 40.0 Å². The fourth-order valence-electron chi connectivity index (χ4n) is 2.89. The summed E-state index contributed by atoms with van der Waals surface area (Å²) in [5, 5.41) is 9.25. The molecule has 0 fully saturated rings. The summed E-state index contributed by atoms with van der Waals surface area (Å²) in [6, 6.07) is 15.2. The highest BCUT2D eigenvalue weighted by atomic mass is 35.5. The fraction of sp³-hybridized carbons (Fsp3) is 0.105. The van der Waals surface area contributed by atoms with Gasteiger partial charge in [0.15, 0.2) is 11.6 Å². The Morgan fingerprint density at radius 3 is 2.73 bits per heavy atom. The molecule has 0 aliphatic heterocycles. The zero-order valence-corrected chi connectivity index (χ0v) is 15.5. The molecule has 0 aliphatic rings. The van der Waals surface area contributed by atoms with Crippen molar-refractivity contribution in [3.05, 3.63) is 64.8 Å². The number of benzene rings is 2. The molecule has 0 amide bonds. The van der Waals surface area contributed by atoms with Crippen LogP contribution in [0.15, 0.2) is 53.7 Å². The number of carbonyl (C=O) groups excluding carboxylic acids is 1. The molecule has 26 heavy (non-hydrogen) atoms. The zero-order valence-electron chi connectivity index (χ0n) is 13.9. The van der Waals surface area contributed by atoms with Gasteiger partial charge in [-0.25, -0.2) is 4.98 Å². The number of aryl methyl sites for hydroxylation is 1. The van der Waals surface area contributed by atoms with E-state index in [4.69, 9.17) is 11.6 Å². The average Bonchev–Trinajstić information content (AvgIpc) is 3.24. The molecule has 7 heteroatoms. The Balaban J connectivity index is 1.50. The Hall–Kier alpha value is -2.57. The summed E-state index contributed by atoms with van der Waals surface area (Å²) in [6.07, 6.45) is 0. The Kier molecular flexibility index (Phi) is 4.53. The standard InChI is InChI=1S/C19H15ClN4OS/c1-11-17(14-4-2-3-5-15(14)21-11)16(25)10-26-19-22-18(23-24-19)12-6-8-13(20)9-7-12/h2-9,21H,10H2,1H3,(H,22,23,24). The molecule has 2 heterocycles. The van der Waals surface area contributed by atoms with Crippen molar-refractivity contribution in [3.63, 3.8) is 0 Å². The van der Waals surface area contributed by atoms with E-state index in [0.29, 0.717) is 16.0 Å². The number of aromatic nitrogens is 4. The summed E-state index contributed by atoms with van der Waals surface area (Å²) >= 11 is 7.22. The number of H-pyrrole nitrogens is 2. The van der Waals surface area contributed by atoms with Gasteiger partial charge in [-0.1, -0.05) is 41.6 Å². The molecule has 4 rings (SSSR count). The number of carbonyl (C=O) groups is 1. The predicted molar refractivity (Wildman–Crippen MR) is 105 cm³/mol. The van der Waals surface area contributed by atoms with Gasteiger partial charge in [-0.3, -0.25) is 9.89 Å². The van der Waals surface area contributed by atoms with E-state index in [1.165, 1.54) is 11.8 Å². The molecule has 0 unspecified atom stereocenters. The fourth-order valence-corrected chi connectivity index (χ4v) is 3.68. The van der Waals surface area contributed by atoms with E-state index in [1.807, 2.05) is 43.3 Å². The molecule has 0 bridgehead atoms. The lowest BCUT2D eigenvalue weighted by Gasteiger charge is -1.99. The lowest BCUT2D eigenvalue weighted by Crippen LogP contribution is -2.03. The predicted octanol–water partition coefficient (Wildman–Crippen LogP) is 4.89. The van der Waals surface area contributed by atoms with Gasteiger partial charge < -0.3 is 4.98 Å². The maximum atomic E-state index is 12.7. The lowest BCUT2D eigenvalue weighted by atomic mass is 10.1. The SMILES string of the molecule is Cc1[nH]c2ccccc2c1C(=O)CSc1n[nH]c(-c2ccc(Cl)cc2)n1. The third-order valence-corrected chi connectivity index (χ3v) is 5.19. The molecular formula is C19H15ClN4OS. The van der Waals surface area contributed by atoms with Crippen LogP contribution in [0.5, 0.6) is 0 Å².